The number of nitrogens with one attached hydrogen (secondary N) is 1. The first-order valence-corrected chi connectivity index (χ1v) is 7.13. The molecule has 1 unspecified atom stereocenters. The van der Waals surface area contributed by atoms with E-state index in [1.807, 2.05) is 19.1 Å². The van der Waals surface area contributed by atoms with Crippen molar-refractivity contribution in [2.24, 2.45) is 0 Å². The van der Waals surface area contributed by atoms with Gasteiger partial charge in [0, 0.05) is 18.9 Å². The highest BCUT2D eigenvalue weighted by Gasteiger charge is 2.05. The van der Waals surface area contributed by atoms with Crippen molar-refractivity contribution in [1.29, 1.82) is 0 Å². The highest BCUT2D eigenvalue weighted by Crippen LogP contribution is 2.05. The minimum absolute atomic E-state index is 0.0818. The van der Waals surface area contributed by atoms with Gasteiger partial charge in [0.25, 0.3) is 0 Å². The molecule has 0 saturated heterocycles. The number of ether oxygens (including phenoxy) is 1. The molecule has 0 aliphatic carbocycles. The molecule has 1 rings (SSSR count). The maximum absolute atomic E-state index is 11.1. The summed E-state index contributed by atoms with van der Waals surface area (Å²) >= 11 is 0. The fourth-order valence-corrected chi connectivity index (χ4v) is 1.96. The Balaban J connectivity index is 1.94. The maximum atomic E-state index is 11.1. The smallest absolute Gasteiger partial charge is 0.305 e. The summed E-state index contributed by atoms with van der Waals surface area (Å²) in [5.41, 5.74) is 0. The van der Waals surface area contributed by atoms with Gasteiger partial charge in [0.15, 0.2) is 0 Å². The Kier molecular flexibility index (Phi) is 7.98. The fraction of sp³-hybridized carbons (Fsp3) is 0.667. The van der Waals surface area contributed by atoms with Crippen LogP contribution in [0.2, 0.25) is 0 Å². The molecule has 0 aromatic carbocycles. The van der Waals surface area contributed by atoms with E-state index >= 15 is 0 Å². The largest absolute Gasteiger partial charge is 0.469 e. The zero-order chi connectivity index (χ0) is 13.9. The summed E-state index contributed by atoms with van der Waals surface area (Å²) in [5, 5.41) is 3.46. The molecule has 0 spiro atoms. The van der Waals surface area contributed by atoms with Crippen molar-refractivity contribution in [3.8, 4) is 0 Å². The van der Waals surface area contributed by atoms with Crippen LogP contribution in [0.3, 0.4) is 0 Å². The van der Waals surface area contributed by atoms with Crippen LogP contribution in [0.25, 0.3) is 0 Å². The Bertz CT molecular complexity index is 335. The van der Waals surface area contributed by atoms with Crippen molar-refractivity contribution in [3.05, 3.63) is 24.2 Å². The molecule has 1 atom stereocenters. The minimum atomic E-state index is -0.0818. The van der Waals surface area contributed by atoms with Crippen LogP contribution in [0.15, 0.2) is 22.8 Å². The van der Waals surface area contributed by atoms with E-state index in [1.165, 1.54) is 0 Å². The number of rotatable bonds is 10. The van der Waals surface area contributed by atoms with Gasteiger partial charge in [-0.25, -0.2) is 0 Å². The fourth-order valence-electron chi connectivity index (χ4n) is 1.96. The molecular formula is C15H25NO3. The molecule has 0 saturated carbocycles. The van der Waals surface area contributed by atoms with Crippen molar-refractivity contribution < 1.29 is 13.9 Å². The molecule has 4 heteroatoms. The molecule has 0 radical (unpaired) electrons. The van der Waals surface area contributed by atoms with Gasteiger partial charge in [-0.3, -0.25) is 4.79 Å². The SMILES string of the molecule is CCOC(=O)CCCCCNC(C)Cc1ccco1. The lowest BCUT2D eigenvalue weighted by atomic mass is 10.1. The molecule has 0 fully saturated rings. The summed E-state index contributed by atoms with van der Waals surface area (Å²) in [6.45, 7) is 5.44. The number of hydrogen-bond donors (Lipinski definition) is 1. The topological polar surface area (TPSA) is 51.5 Å². The third-order valence-electron chi connectivity index (χ3n) is 2.94. The molecule has 1 N–H and O–H groups in total. The first kappa shape index (κ1) is 15.8. The molecule has 1 heterocycles. The Morgan fingerprint density at radius 3 is 2.95 bits per heavy atom. The van der Waals surface area contributed by atoms with E-state index in [9.17, 15) is 4.79 Å². The van der Waals surface area contributed by atoms with Crippen LogP contribution < -0.4 is 5.32 Å². The summed E-state index contributed by atoms with van der Waals surface area (Å²) in [6.07, 6.45) is 6.21. The van der Waals surface area contributed by atoms with Crippen LogP contribution in [0.5, 0.6) is 0 Å². The van der Waals surface area contributed by atoms with Gasteiger partial charge in [0.1, 0.15) is 5.76 Å². The molecule has 0 aliphatic rings. The van der Waals surface area contributed by atoms with Crippen LogP contribution in [-0.2, 0) is 16.0 Å². The standard InChI is InChI=1S/C15H25NO3/c1-3-18-15(17)9-5-4-6-10-16-13(2)12-14-8-7-11-19-14/h7-8,11,13,16H,3-6,9-10,12H2,1-2H3. The number of carbonyl (C=O) groups excluding carboxylic acids is 1. The van der Waals surface area contributed by atoms with E-state index in [2.05, 4.69) is 12.2 Å². The van der Waals surface area contributed by atoms with Crippen LogP contribution in [0, 0.1) is 0 Å². The molecule has 4 nitrogen and oxygen atoms in total. The Morgan fingerprint density at radius 2 is 2.26 bits per heavy atom. The molecule has 0 bridgehead atoms. The summed E-state index contributed by atoms with van der Waals surface area (Å²) < 4.78 is 10.2. The second-order valence-electron chi connectivity index (χ2n) is 4.75. The van der Waals surface area contributed by atoms with Gasteiger partial charge < -0.3 is 14.5 Å². The first-order valence-electron chi connectivity index (χ1n) is 7.13. The summed E-state index contributed by atoms with van der Waals surface area (Å²) in [4.78, 5) is 11.1. The van der Waals surface area contributed by atoms with E-state index in [0.29, 0.717) is 19.1 Å². The van der Waals surface area contributed by atoms with Gasteiger partial charge in [-0.2, -0.15) is 0 Å². The molecule has 0 amide bonds. The predicted molar refractivity (Wildman–Crippen MR) is 75.0 cm³/mol. The second-order valence-corrected chi connectivity index (χ2v) is 4.75. The van der Waals surface area contributed by atoms with Crippen LogP contribution in [-0.4, -0.2) is 25.2 Å². The van der Waals surface area contributed by atoms with E-state index < -0.39 is 0 Å². The lowest BCUT2D eigenvalue weighted by Gasteiger charge is -2.12. The lowest BCUT2D eigenvalue weighted by Crippen LogP contribution is -2.28. The number of unbranched alkanes of at least 4 members (excludes halogenated alkanes) is 2. The molecule has 1 aromatic rings. The first-order chi connectivity index (χ1) is 9.22. The molecule has 1 aromatic heterocycles. The highest BCUT2D eigenvalue weighted by molar-refractivity contribution is 5.69. The summed E-state index contributed by atoms with van der Waals surface area (Å²) in [6, 6.07) is 4.32. The molecule has 0 aliphatic heterocycles. The van der Waals surface area contributed by atoms with Gasteiger partial charge in [-0.05, 0) is 45.4 Å². The third kappa shape index (κ3) is 7.67. The van der Waals surface area contributed by atoms with Gasteiger partial charge in [0.05, 0.1) is 12.9 Å². The van der Waals surface area contributed by atoms with Crippen molar-refractivity contribution >= 4 is 5.97 Å². The van der Waals surface area contributed by atoms with E-state index in [0.717, 1.165) is 38.0 Å². The van der Waals surface area contributed by atoms with Crippen molar-refractivity contribution in [2.75, 3.05) is 13.2 Å². The third-order valence-corrected chi connectivity index (χ3v) is 2.94. The van der Waals surface area contributed by atoms with E-state index in [-0.39, 0.29) is 5.97 Å². The predicted octanol–water partition coefficient (Wildman–Crippen LogP) is 2.92. The lowest BCUT2D eigenvalue weighted by molar-refractivity contribution is -0.143. The van der Waals surface area contributed by atoms with Gasteiger partial charge >= 0.3 is 5.97 Å². The normalized spacial score (nSPS) is 12.3. The summed E-state index contributed by atoms with van der Waals surface area (Å²) in [7, 11) is 0. The number of esters is 1. The van der Waals surface area contributed by atoms with Crippen LogP contribution in [0.4, 0.5) is 0 Å². The minimum Gasteiger partial charge on any atom is -0.469 e. The van der Waals surface area contributed by atoms with Crippen molar-refractivity contribution in [1.82, 2.24) is 5.32 Å². The maximum Gasteiger partial charge on any atom is 0.305 e. The van der Waals surface area contributed by atoms with E-state index in [4.69, 9.17) is 9.15 Å². The quantitative estimate of drug-likeness (QED) is 0.523. The number of hydrogen-bond acceptors (Lipinski definition) is 4. The Hall–Kier alpha value is -1.29. The molecular weight excluding hydrogens is 242 g/mol. The van der Waals surface area contributed by atoms with Crippen molar-refractivity contribution in [3.63, 3.8) is 0 Å². The second kappa shape index (κ2) is 9.62. The van der Waals surface area contributed by atoms with E-state index in [1.54, 1.807) is 6.26 Å². The molecule has 19 heavy (non-hydrogen) atoms. The van der Waals surface area contributed by atoms with Gasteiger partial charge in [0.2, 0.25) is 0 Å². The number of furan rings is 1. The Morgan fingerprint density at radius 1 is 1.42 bits per heavy atom. The zero-order valence-corrected chi connectivity index (χ0v) is 12.0. The average Bonchev–Trinajstić information content (AvgIpc) is 2.86. The van der Waals surface area contributed by atoms with Crippen molar-refractivity contribution in [2.45, 2.75) is 52.0 Å². The molecule has 108 valence electrons. The number of carbonyl (C=O) groups is 1. The monoisotopic (exact) mass is 267 g/mol. The Labute approximate surface area is 115 Å². The van der Waals surface area contributed by atoms with Crippen LogP contribution in [0.1, 0.15) is 45.3 Å². The highest BCUT2D eigenvalue weighted by atomic mass is 16.5. The van der Waals surface area contributed by atoms with Crippen LogP contribution >= 0.6 is 0 Å². The zero-order valence-electron chi connectivity index (χ0n) is 12.0. The van der Waals surface area contributed by atoms with Gasteiger partial charge in [-0.15, -0.1) is 0 Å². The van der Waals surface area contributed by atoms with Gasteiger partial charge in [-0.1, -0.05) is 6.42 Å². The average molecular weight is 267 g/mol. The summed E-state index contributed by atoms with van der Waals surface area (Å²) in [5.74, 6) is 0.934.